The van der Waals surface area contributed by atoms with Crippen molar-refractivity contribution in [3.63, 3.8) is 0 Å². The fourth-order valence-electron chi connectivity index (χ4n) is 3.31. The average Bonchev–Trinajstić information content (AvgIpc) is 2.71. The van der Waals surface area contributed by atoms with E-state index in [-0.39, 0.29) is 17.8 Å². The molecule has 0 aliphatic carbocycles. The first-order valence-electron chi connectivity index (χ1n) is 9.58. The van der Waals surface area contributed by atoms with Crippen LogP contribution in [0.4, 0.5) is 5.69 Å². The van der Waals surface area contributed by atoms with Crippen LogP contribution in [0, 0.1) is 5.92 Å². The number of anilines is 1. The van der Waals surface area contributed by atoms with Crippen molar-refractivity contribution in [2.24, 2.45) is 5.92 Å². The normalized spacial score (nSPS) is 17.1. The standard InChI is InChI=1S/C20H31N3O4/c1-5-15(2)19(20(25)27-4)21-18(24)14-22-9-11-23(12-10-22)16-7-6-8-17(13-16)26-3/h6-8,13,15,19H,5,9-12,14H2,1-4H3,(H,21,24)/p+1/t15-,19-/m0/s1. The highest BCUT2D eigenvalue weighted by molar-refractivity contribution is 5.85. The van der Waals surface area contributed by atoms with Gasteiger partial charge in [-0.05, 0) is 18.1 Å². The Morgan fingerprint density at radius 2 is 1.96 bits per heavy atom. The fourth-order valence-corrected chi connectivity index (χ4v) is 3.31. The van der Waals surface area contributed by atoms with Crippen LogP contribution in [0.2, 0.25) is 0 Å². The van der Waals surface area contributed by atoms with E-state index in [1.807, 2.05) is 32.0 Å². The molecule has 1 heterocycles. The first kappa shape index (κ1) is 21.0. The van der Waals surface area contributed by atoms with Gasteiger partial charge in [-0.1, -0.05) is 26.3 Å². The van der Waals surface area contributed by atoms with Crippen molar-refractivity contribution >= 4 is 17.6 Å². The number of quaternary nitrogens is 1. The number of ether oxygens (including phenoxy) is 2. The van der Waals surface area contributed by atoms with Gasteiger partial charge in [-0.25, -0.2) is 4.79 Å². The minimum absolute atomic E-state index is 0.0429. The Bertz CT molecular complexity index is 629. The smallest absolute Gasteiger partial charge is 0.328 e. The zero-order valence-electron chi connectivity index (χ0n) is 16.8. The number of nitrogens with one attached hydrogen (secondary N) is 2. The Kier molecular flexibility index (Phi) is 7.91. The highest BCUT2D eigenvalue weighted by Gasteiger charge is 2.29. The lowest BCUT2D eigenvalue weighted by molar-refractivity contribution is -0.892. The lowest BCUT2D eigenvalue weighted by Gasteiger charge is -2.33. The summed E-state index contributed by atoms with van der Waals surface area (Å²) in [7, 11) is 3.02. The summed E-state index contributed by atoms with van der Waals surface area (Å²) in [6.07, 6.45) is 0.798. The summed E-state index contributed by atoms with van der Waals surface area (Å²) in [5, 5.41) is 2.86. The second kappa shape index (κ2) is 10.2. The molecule has 1 aromatic rings. The van der Waals surface area contributed by atoms with Gasteiger partial charge in [0.15, 0.2) is 6.54 Å². The van der Waals surface area contributed by atoms with E-state index in [1.165, 1.54) is 12.0 Å². The molecule has 2 rings (SSSR count). The topological polar surface area (TPSA) is 72.3 Å². The first-order chi connectivity index (χ1) is 13.0. The molecule has 0 aromatic heterocycles. The van der Waals surface area contributed by atoms with Crippen LogP contribution in [0.25, 0.3) is 0 Å². The summed E-state index contributed by atoms with van der Waals surface area (Å²) in [4.78, 5) is 27.9. The molecule has 0 unspecified atom stereocenters. The van der Waals surface area contributed by atoms with E-state index in [2.05, 4.69) is 16.3 Å². The Labute approximate surface area is 161 Å². The van der Waals surface area contributed by atoms with Gasteiger partial charge in [0, 0.05) is 11.8 Å². The van der Waals surface area contributed by atoms with E-state index in [0.717, 1.165) is 44.0 Å². The van der Waals surface area contributed by atoms with Crippen LogP contribution in [-0.2, 0) is 14.3 Å². The maximum Gasteiger partial charge on any atom is 0.328 e. The number of piperazine rings is 1. The zero-order chi connectivity index (χ0) is 19.8. The zero-order valence-corrected chi connectivity index (χ0v) is 16.8. The second-order valence-corrected chi connectivity index (χ2v) is 7.07. The third kappa shape index (κ3) is 5.85. The number of nitrogens with zero attached hydrogens (tertiary/aromatic N) is 1. The molecule has 0 spiro atoms. The summed E-state index contributed by atoms with van der Waals surface area (Å²) in [5.74, 6) is 0.410. The number of carbonyl (C=O) groups is 2. The fraction of sp³-hybridized carbons (Fsp3) is 0.600. The third-order valence-corrected chi connectivity index (χ3v) is 5.28. The van der Waals surface area contributed by atoms with Crippen LogP contribution in [0.3, 0.4) is 0 Å². The van der Waals surface area contributed by atoms with Gasteiger partial charge >= 0.3 is 5.97 Å². The van der Waals surface area contributed by atoms with E-state index < -0.39 is 6.04 Å². The molecule has 150 valence electrons. The molecule has 1 fully saturated rings. The maximum absolute atomic E-state index is 12.4. The van der Waals surface area contributed by atoms with Crippen molar-refractivity contribution in [2.75, 3.05) is 51.8 Å². The summed E-state index contributed by atoms with van der Waals surface area (Å²) in [5.41, 5.74) is 1.14. The van der Waals surface area contributed by atoms with Gasteiger partial charge in [0.25, 0.3) is 5.91 Å². The van der Waals surface area contributed by atoms with Gasteiger partial charge in [0.1, 0.15) is 11.8 Å². The Balaban J connectivity index is 1.85. The maximum atomic E-state index is 12.4. The Morgan fingerprint density at radius 1 is 1.26 bits per heavy atom. The molecule has 1 aliphatic rings. The summed E-state index contributed by atoms with van der Waals surface area (Å²) >= 11 is 0. The molecule has 0 bridgehead atoms. The van der Waals surface area contributed by atoms with Gasteiger partial charge < -0.3 is 24.6 Å². The van der Waals surface area contributed by atoms with Crippen molar-refractivity contribution in [1.29, 1.82) is 0 Å². The van der Waals surface area contributed by atoms with Gasteiger partial charge in [0.05, 0.1) is 40.4 Å². The molecule has 1 aromatic carbocycles. The quantitative estimate of drug-likeness (QED) is 0.628. The van der Waals surface area contributed by atoms with Crippen molar-refractivity contribution < 1.29 is 24.0 Å². The molecule has 2 N–H and O–H groups in total. The predicted molar refractivity (Wildman–Crippen MR) is 104 cm³/mol. The third-order valence-electron chi connectivity index (χ3n) is 5.28. The first-order valence-corrected chi connectivity index (χ1v) is 9.58. The number of hydrogen-bond donors (Lipinski definition) is 2. The van der Waals surface area contributed by atoms with Gasteiger partial charge in [0.2, 0.25) is 0 Å². The molecule has 0 saturated carbocycles. The SMILES string of the molecule is CC[C@H](C)[C@H](NC(=O)C[NH+]1CCN(c2cccc(OC)c2)CC1)C(=O)OC. The molecule has 1 saturated heterocycles. The Morgan fingerprint density at radius 3 is 2.56 bits per heavy atom. The molecule has 2 atom stereocenters. The molecule has 0 radical (unpaired) electrons. The number of amides is 1. The molecule has 1 amide bonds. The van der Waals surface area contributed by atoms with Gasteiger partial charge in [-0.2, -0.15) is 0 Å². The number of benzene rings is 1. The second-order valence-electron chi connectivity index (χ2n) is 7.07. The highest BCUT2D eigenvalue weighted by Crippen LogP contribution is 2.20. The molecular formula is C20H32N3O4+. The number of hydrogen-bond acceptors (Lipinski definition) is 5. The van der Waals surface area contributed by atoms with E-state index in [0.29, 0.717) is 6.54 Å². The van der Waals surface area contributed by atoms with Crippen molar-refractivity contribution in [3.05, 3.63) is 24.3 Å². The van der Waals surface area contributed by atoms with Gasteiger partial charge in [-0.15, -0.1) is 0 Å². The minimum atomic E-state index is -0.579. The van der Waals surface area contributed by atoms with E-state index in [4.69, 9.17) is 9.47 Å². The lowest BCUT2D eigenvalue weighted by Crippen LogP contribution is -3.16. The van der Waals surface area contributed by atoms with Crippen LogP contribution >= 0.6 is 0 Å². The average molecular weight is 378 g/mol. The van der Waals surface area contributed by atoms with Crippen LogP contribution in [0.1, 0.15) is 20.3 Å². The number of methoxy groups -OCH3 is 2. The molecular weight excluding hydrogens is 346 g/mol. The Hall–Kier alpha value is -2.28. The van der Waals surface area contributed by atoms with Crippen LogP contribution in [-0.4, -0.2) is 64.9 Å². The monoisotopic (exact) mass is 378 g/mol. The van der Waals surface area contributed by atoms with Crippen LogP contribution < -0.4 is 19.9 Å². The molecule has 7 nitrogen and oxygen atoms in total. The van der Waals surface area contributed by atoms with Crippen molar-refractivity contribution in [1.82, 2.24) is 5.32 Å². The highest BCUT2D eigenvalue weighted by atomic mass is 16.5. The van der Waals surface area contributed by atoms with Crippen LogP contribution in [0.5, 0.6) is 5.75 Å². The number of rotatable bonds is 8. The predicted octanol–water partition coefficient (Wildman–Crippen LogP) is 0.104. The van der Waals surface area contributed by atoms with Crippen molar-refractivity contribution in [3.8, 4) is 5.75 Å². The largest absolute Gasteiger partial charge is 0.497 e. The summed E-state index contributed by atoms with van der Waals surface area (Å²) in [6.45, 7) is 7.81. The minimum Gasteiger partial charge on any atom is -0.497 e. The summed E-state index contributed by atoms with van der Waals surface area (Å²) in [6, 6.07) is 7.45. The van der Waals surface area contributed by atoms with Gasteiger partial charge in [-0.3, -0.25) is 4.79 Å². The lowest BCUT2D eigenvalue weighted by atomic mass is 9.99. The summed E-state index contributed by atoms with van der Waals surface area (Å²) < 4.78 is 10.1. The van der Waals surface area contributed by atoms with E-state index >= 15 is 0 Å². The van der Waals surface area contributed by atoms with E-state index in [9.17, 15) is 9.59 Å². The van der Waals surface area contributed by atoms with Crippen molar-refractivity contribution in [2.45, 2.75) is 26.3 Å². The number of carbonyl (C=O) groups excluding carboxylic acids is 2. The van der Waals surface area contributed by atoms with Crippen LogP contribution in [0.15, 0.2) is 24.3 Å². The molecule has 27 heavy (non-hydrogen) atoms. The molecule has 7 heteroatoms. The van der Waals surface area contributed by atoms with E-state index in [1.54, 1.807) is 7.11 Å². The number of esters is 1. The molecule has 1 aliphatic heterocycles.